The fourth-order valence-corrected chi connectivity index (χ4v) is 4.33. The number of hydrogen-bond donors (Lipinski definition) is 1. The zero-order valence-corrected chi connectivity index (χ0v) is 17.4. The van der Waals surface area contributed by atoms with E-state index in [1.165, 1.54) is 26.6 Å². The van der Waals surface area contributed by atoms with Gasteiger partial charge in [-0.3, -0.25) is 14.2 Å². The van der Waals surface area contributed by atoms with Gasteiger partial charge in [-0.2, -0.15) is 0 Å². The lowest BCUT2D eigenvalue weighted by molar-refractivity contribution is -0.117. The molecule has 0 saturated carbocycles. The van der Waals surface area contributed by atoms with Crippen LogP contribution in [0, 0.1) is 0 Å². The summed E-state index contributed by atoms with van der Waals surface area (Å²) >= 11 is 7.31. The molecule has 156 valence electrons. The van der Waals surface area contributed by atoms with E-state index in [-0.39, 0.29) is 24.4 Å². The number of para-hydroxylation sites is 1. The second kappa shape index (κ2) is 7.56. The average molecular weight is 456 g/mol. The van der Waals surface area contributed by atoms with Crippen molar-refractivity contribution < 1.29 is 9.21 Å². The smallest absolute Gasteiger partial charge is 0.352 e. The number of benzene rings is 1. The molecule has 4 heterocycles. The number of aromatic nitrogens is 4. The first kappa shape index (κ1) is 19.3. The highest BCUT2D eigenvalue weighted by atomic mass is 35.5. The molecule has 0 fully saturated rings. The third kappa shape index (κ3) is 3.35. The Bertz CT molecular complexity index is 1540. The summed E-state index contributed by atoms with van der Waals surface area (Å²) in [6.07, 6.45) is 1.51. The van der Waals surface area contributed by atoms with Gasteiger partial charge in [-0.05, 0) is 35.7 Å². The molecule has 5 rings (SSSR count). The molecule has 5 aromatic rings. The number of thiophene rings is 1. The molecule has 9 nitrogen and oxygen atoms in total. The number of rotatable bonds is 5. The molecule has 0 radical (unpaired) electrons. The molecule has 0 spiro atoms. The molecule has 0 bridgehead atoms. The third-order valence-corrected chi connectivity index (χ3v) is 5.94. The predicted molar refractivity (Wildman–Crippen MR) is 117 cm³/mol. The molecular weight excluding hydrogens is 442 g/mol. The Morgan fingerprint density at radius 3 is 2.77 bits per heavy atom. The van der Waals surface area contributed by atoms with Gasteiger partial charge in [0.25, 0.3) is 5.56 Å². The standard InChI is InChI=1S/C20H14ClN5O4S/c21-13-5-1-2-6-14(13)22-16(27)11-25-20(29)26-15-7-9-31-17(15)18(28)24(19(26)23-25)10-12-4-3-8-30-12/h1-9H,10-11H2,(H,22,27). The van der Waals surface area contributed by atoms with Crippen molar-refractivity contribution in [3.05, 3.63) is 85.7 Å². The van der Waals surface area contributed by atoms with E-state index in [1.54, 1.807) is 47.8 Å². The number of fused-ring (bicyclic) bond motifs is 3. The minimum Gasteiger partial charge on any atom is -0.467 e. The maximum atomic E-state index is 13.1. The summed E-state index contributed by atoms with van der Waals surface area (Å²) in [6, 6.07) is 11.9. The molecule has 1 aromatic carbocycles. The van der Waals surface area contributed by atoms with E-state index in [9.17, 15) is 14.4 Å². The van der Waals surface area contributed by atoms with Crippen molar-refractivity contribution in [2.24, 2.45) is 0 Å². The summed E-state index contributed by atoms with van der Waals surface area (Å²) < 4.78 is 9.50. The third-order valence-electron chi connectivity index (χ3n) is 4.72. The molecule has 1 N–H and O–H groups in total. The Morgan fingerprint density at radius 1 is 1.16 bits per heavy atom. The van der Waals surface area contributed by atoms with Gasteiger partial charge in [0.15, 0.2) is 0 Å². The topological polar surface area (TPSA) is 104 Å². The summed E-state index contributed by atoms with van der Waals surface area (Å²) in [4.78, 5) is 38.6. The lowest BCUT2D eigenvalue weighted by Gasteiger charge is -2.06. The lowest BCUT2D eigenvalue weighted by atomic mass is 10.3. The van der Waals surface area contributed by atoms with Crippen molar-refractivity contribution in [1.82, 2.24) is 18.7 Å². The normalized spacial score (nSPS) is 11.4. The quantitative estimate of drug-likeness (QED) is 0.439. The van der Waals surface area contributed by atoms with Crippen molar-refractivity contribution in [2.45, 2.75) is 13.1 Å². The molecule has 0 aliphatic heterocycles. The molecule has 0 unspecified atom stereocenters. The summed E-state index contributed by atoms with van der Waals surface area (Å²) in [5, 5.41) is 9.06. The average Bonchev–Trinajstić information content (AvgIpc) is 3.48. The zero-order valence-electron chi connectivity index (χ0n) is 15.8. The minimum absolute atomic E-state index is 0.103. The molecule has 0 aliphatic carbocycles. The number of hydrogen-bond acceptors (Lipinski definition) is 6. The summed E-state index contributed by atoms with van der Waals surface area (Å²) in [5.41, 5.74) is 0.0665. The van der Waals surface area contributed by atoms with E-state index in [0.717, 1.165) is 4.68 Å². The Morgan fingerprint density at radius 2 is 2.00 bits per heavy atom. The number of carbonyl (C=O) groups excluding carboxylic acids is 1. The first-order valence-electron chi connectivity index (χ1n) is 9.19. The van der Waals surface area contributed by atoms with Gasteiger partial charge < -0.3 is 9.73 Å². The van der Waals surface area contributed by atoms with Crippen LogP contribution in [-0.4, -0.2) is 24.7 Å². The molecule has 0 aliphatic rings. The number of amides is 1. The minimum atomic E-state index is -0.527. The van der Waals surface area contributed by atoms with Crippen molar-refractivity contribution >= 4 is 50.5 Å². The van der Waals surface area contributed by atoms with Crippen LogP contribution in [0.3, 0.4) is 0 Å². The largest absolute Gasteiger partial charge is 0.467 e. The van der Waals surface area contributed by atoms with Gasteiger partial charge in [0.2, 0.25) is 11.7 Å². The Kier molecular flexibility index (Phi) is 4.72. The van der Waals surface area contributed by atoms with Gasteiger partial charge in [0.05, 0.1) is 29.0 Å². The number of nitrogens with one attached hydrogen (secondary N) is 1. The summed E-state index contributed by atoms with van der Waals surface area (Å²) in [6.45, 7) is -0.238. The summed E-state index contributed by atoms with van der Waals surface area (Å²) in [5.74, 6) is 0.196. The second-order valence-corrected chi connectivity index (χ2v) is 8.03. The van der Waals surface area contributed by atoms with Crippen LogP contribution in [0.2, 0.25) is 5.02 Å². The van der Waals surface area contributed by atoms with Crippen molar-refractivity contribution in [2.75, 3.05) is 5.32 Å². The monoisotopic (exact) mass is 455 g/mol. The van der Waals surface area contributed by atoms with E-state index in [4.69, 9.17) is 16.0 Å². The zero-order chi connectivity index (χ0) is 21.5. The van der Waals surface area contributed by atoms with Gasteiger partial charge in [-0.1, -0.05) is 23.7 Å². The van der Waals surface area contributed by atoms with Gasteiger partial charge in [0, 0.05) is 0 Å². The van der Waals surface area contributed by atoms with Crippen LogP contribution >= 0.6 is 22.9 Å². The Labute approximate surface area is 182 Å². The van der Waals surface area contributed by atoms with Crippen molar-refractivity contribution in [3.63, 3.8) is 0 Å². The molecule has 11 heteroatoms. The fourth-order valence-electron chi connectivity index (χ4n) is 3.33. The summed E-state index contributed by atoms with van der Waals surface area (Å²) in [7, 11) is 0. The number of nitrogens with zero attached hydrogens (tertiary/aromatic N) is 4. The van der Waals surface area contributed by atoms with Crippen LogP contribution in [0.15, 0.2) is 68.1 Å². The van der Waals surface area contributed by atoms with Gasteiger partial charge in [-0.15, -0.1) is 16.4 Å². The first-order chi connectivity index (χ1) is 15.0. The fraction of sp³-hybridized carbons (Fsp3) is 0.100. The van der Waals surface area contributed by atoms with Crippen molar-refractivity contribution in [3.8, 4) is 0 Å². The molecule has 0 saturated heterocycles. The van der Waals surface area contributed by atoms with Gasteiger partial charge >= 0.3 is 5.69 Å². The molecular formula is C20H14ClN5O4S. The molecule has 31 heavy (non-hydrogen) atoms. The van der Waals surface area contributed by atoms with E-state index in [0.29, 0.717) is 26.7 Å². The van der Waals surface area contributed by atoms with Crippen LogP contribution < -0.4 is 16.6 Å². The van der Waals surface area contributed by atoms with Crippen LogP contribution in [0.25, 0.3) is 16.0 Å². The number of halogens is 1. The molecule has 0 atom stereocenters. The van der Waals surface area contributed by atoms with E-state index >= 15 is 0 Å². The predicted octanol–water partition coefficient (Wildman–Crippen LogP) is 2.81. The van der Waals surface area contributed by atoms with Crippen LogP contribution in [0.4, 0.5) is 5.69 Å². The molecule has 4 aromatic heterocycles. The SMILES string of the molecule is O=C(Cn1nc2n(Cc3ccco3)c(=O)c3sccc3n2c1=O)Nc1ccccc1Cl. The maximum Gasteiger partial charge on any atom is 0.352 e. The highest BCUT2D eigenvalue weighted by Gasteiger charge is 2.20. The number of furan rings is 1. The van der Waals surface area contributed by atoms with Crippen molar-refractivity contribution in [1.29, 1.82) is 0 Å². The highest BCUT2D eigenvalue weighted by Crippen LogP contribution is 2.20. The van der Waals surface area contributed by atoms with Crippen LogP contribution in [0.1, 0.15) is 5.76 Å². The van der Waals surface area contributed by atoms with Crippen LogP contribution in [0.5, 0.6) is 0 Å². The maximum absolute atomic E-state index is 13.1. The Balaban J connectivity index is 1.60. The number of carbonyl (C=O) groups is 1. The second-order valence-electron chi connectivity index (χ2n) is 6.71. The van der Waals surface area contributed by atoms with Gasteiger partial charge in [0.1, 0.15) is 17.0 Å². The molecule has 1 amide bonds. The van der Waals surface area contributed by atoms with E-state index in [2.05, 4.69) is 10.4 Å². The Hall–Kier alpha value is -3.63. The van der Waals surface area contributed by atoms with Gasteiger partial charge in [-0.25, -0.2) is 13.9 Å². The first-order valence-corrected chi connectivity index (χ1v) is 10.4. The lowest BCUT2D eigenvalue weighted by Crippen LogP contribution is -2.29. The van der Waals surface area contributed by atoms with Crippen LogP contribution in [-0.2, 0) is 17.9 Å². The number of anilines is 1. The van der Waals surface area contributed by atoms with E-state index in [1.807, 2.05) is 0 Å². The highest BCUT2D eigenvalue weighted by molar-refractivity contribution is 7.17. The van der Waals surface area contributed by atoms with E-state index < -0.39 is 11.6 Å².